The summed E-state index contributed by atoms with van der Waals surface area (Å²) < 4.78 is 39.8. The third kappa shape index (κ3) is 4.20. The van der Waals surface area contributed by atoms with Crippen LogP contribution in [0.4, 0.5) is 18.9 Å². The van der Waals surface area contributed by atoms with E-state index in [1.807, 2.05) is 11.5 Å². The summed E-state index contributed by atoms with van der Waals surface area (Å²) in [5.41, 5.74) is -0.423. The zero-order valence-electron chi connectivity index (χ0n) is 14.4. The van der Waals surface area contributed by atoms with E-state index in [1.165, 1.54) is 23.9 Å². The van der Waals surface area contributed by atoms with Crippen molar-refractivity contribution in [2.75, 3.05) is 5.32 Å². The van der Waals surface area contributed by atoms with E-state index >= 15 is 0 Å². The molecule has 1 saturated carbocycles. The molecule has 0 bridgehead atoms. The number of thioether (sulfide) groups is 1. The van der Waals surface area contributed by atoms with Gasteiger partial charge >= 0.3 is 6.18 Å². The van der Waals surface area contributed by atoms with Gasteiger partial charge in [-0.25, -0.2) is 0 Å². The molecule has 1 aromatic heterocycles. The van der Waals surface area contributed by atoms with Gasteiger partial charge in [0, 0.05) is 18.2 Å². The van der Waals surface area contributed by atoms with Crippen molar-refractivity contribution in [2.45, 2.75) is 55.7 Å². The second-order valence-electron chi connectivity index (χ2n) is 6.18. The average Bonchev–Trinajstić information content (AvgIpc) is 3.35. The summed E-state index contributed by atoms with van der Waals surface area (Å²) in [7, 11) is 0. The van der Waals surface area contributed by atoms with Crippen molar-refractivity contribution in [1.82, 2.24) is 14.8 Å². The maximum absolute atomic E-state index is 12.6. The highest BCUT2D eigenvalue weighted by Gasteiger charge is 2.31. The molecule has 0 aliphatic heterocycles. The van der Waals surface area contributed by atoms with Crippen molar-refractivity contribution in [3.8, 4) is 0 Å². The van der Waals surface area contributed by atoms with E-state index in [1.54, 1.807) is 6.92 Å². The largest absolute Gasteiger partial charge is 0.416 e. The minimum atomic E-state index is -4.39. The minimum absolute atomic E-state index is 0.298. The van der Waals surface area contributed by atoms with E-state index in [0.29, 0.717) is 16.8 Å². The normalized spacial score (nSPS) is 15.7. The summed E-state index contributed by atoms with van der Waals surface area (Å²) in [5.74, 6) is 1.13. The summed E-state index contributed by atoms with van der Waals surface area (Å²) >= 11 is 1.29. The van der Waals surface area contributed by atoms with Gasteiger partial charge in [-0.1, -0.05) is 11.8 Å². The summed E-state index contributed by atoms with van der Waals surface area (Å²) in [5, 5.41) is 11.3. The molecule has 140 valence electrons. The van der Waals surface area contributed by atoms with Crippen LogP contribution in [0.3, 0.4) is 0 Å². The van der Waals surface area contributed by atoms with E-state index in [0.717, 1.165) is 37.3 Å². The van der Waals surface area contributed by atoms with Crippen LogP contribution >= 0.6 is 11.8 Å². The molecule has 1 aliphatic carbocycles. The number of amides is 1. The molecule has 1 aromatic carbocycles. The fraction of sp³-hybridized carbons (Fsp3) is 0.471. The van der Waals surface area contributed by atoms with Gasteiger partial charge in [0.05, 0.1) is 10.8 Å². The fourth-order valence-corrected chi connectivity index (χ4v) is 3.45. The molecular weight excluding hydrogens is 365 g/mol. The number of nitrogens with zero attached hydrogens (tertiary/aromatic N) is 3. The molecule has 5 nitrogen and oxygen atoms in total. The highest BCUT2D eigenvalue weighted by molar-refractivity contribution is 8.00. The van der Waals surface area contributed by atoms with Crippen LogP contribution in [0.1, 0.15) is 44.0 Å². The Bertz CT molecular complexity index is 784. The van der Waals surface area contributed by atoms with Gasteiger partial charge in [-0.3, -0.25) is 4.79 Å². The zero-order valence-corrected chi connectivity index (χ0v) is 15.2. The molecule has 9 heteroatoms. The molecule has 0 saturated heterocycles. The first kappa shape index (κ1) is 18.8. The van der Waals surface area contributed by atoms with Crippen LogP contribution in [0.5, 0.6) is 0 Å². The molecule has 1 N–H and O–H groups in total. The first-order valence-electron chi connectivity index (χ1n) is 8.37. The maximum atomic E-state index is 12.6. The van der Waals surface area contributed by atoms with E-state index in [9.17, 15) is 18.0 Å². The Morgan fingerprint density at radius 1 is 1.31 bits per heavy atom. The molecule has 3 rings (SSSR count). The molecule has 26 heavy (non-hydrogen) atoms. The lowest BCUT2D eigenvalue weighted by Crippen LogP contribution is -2.23. The monoisotopic (exact) mass is 384 g/mol. The van der Waals surface area contributed by atoms with Gasteiger partial charge in [-0.2, -0.15) is 13.2 Å². The predicted molar refractivity (Wildman–Crippen MR) is 93.1 cm³/mol. The van der Waals surface area contributed by atoms with Crippen molar-refractivity contribution in [3.05, 3.63) is 35.7 Å². The van der Waals surface area contributed by atoms with Crippen LogP contribution in [-0.2, 0) is 17.5 Å². The molecule has 0 unspecified atom stereocenters. The summed E-state index contributed by atoms with van der Waals surface area (Å²) in [6.07, 6.45) is -2.16. The van der Waals surface area contributed by atoms with Crippen molar-refractivity contribution >= 4 is 23.4 Å². The summed E-state index contributed by atoms with van der Waals surface area (Å²) in [6, 6.07) is 4.39. The number of anilines is 1. The molecular formula is C17H19F3N4OS. The number of halogens is 3. The van der Waals surface area contributed by atoms with Gasteiger partial charge in [0.2, 0.25) is 5.91 Å². The Balaban J connectivity index is 1.63. The molecule has 1 atom stereocenters. The second-order valence-corrected chi connectivity index (χ2v) is 7.49. The highest BCUT2D eigenvalue weighted by atomic mass is 32.2. The van der Waals surface area contributed by atoms with Gasteiger partial charge < -0.3 is 9.88 Å². The van der Waals surface area contributed by atoms with Gasteiger partial charge in [0.1, 0.15) is 5.82 Å². The molecule has 2 aromatic rings. The number of rotatable bonds is 6. The number of carbonyl (C=O) groups is 1. The molecule has 1 fully saturated rings. The number of benzene rings is 1. The Morgan fingerprint density at radius 3 is 2.50 bits per heavy atom. The number of hydrogen-bond donors (Lipinski definition) is 1. The Morgan fingerprint density at radius 2 is 1.96 bits per heavy atom. The van der Waals surface area contributed by atoms with Crippen LogP contribution in [0, 0.1) is 0 Å². The third-order valence-corrected chi connectivity index (χ3v) is 5.22. The number of aromatic nitrogens is 3. The Kier molecular flexibility index (Phi) is 5.27. The number of hydrogen-bond acceptors (Lipinski definition) is 4. The van der Waals surface area contributed by atoms with Gasteiger partial charge in [-0.05, 0) is 51.0 Å². The first-order chi connectivity index (χ1) is 12.3. The SMILES string of the molecule is CCn1c(S[C@H](C)C(=O)Nc2ccc(C(F)(F)F)cc2)nnc1C1CC1. The quantitative estimate of drug-likeness (QED) is 0.754. The lowest BCUT2D eigenvalue weighted by Gasteiger charge is -2.13. The van der Waals surface area contributed by atoms with Crippen molar-refractivity contribution < 1.29 is 18.0 Å². The van der Waals surface area contributed by atoms with E-state index < -0.39 is 17.0 Å². The molecule has 1 amide bonds. The van der Waals surface area contributed by atoms with Gasteiger partial charge in [0.15, 0.2) is 5.16 Å². The lowest BCUT2D eigenvalue weighted by molar-refractivity contribution is -0.137. The summed E-state index contributed by atoms with van der Waals surface area (Å²) in [4.78, 5) is 12.3. The zero-order chi connectivity index (χ0) is 18.9. The van der Waals surface area contributed by atoms with Crippen LogP contribution in [0.2, 0.25) is 0 Å². The van der Waals surface area contributed by atoms with Gasteiger partial charge in [-0.15, -0.1) is 10.2 Å². The number of alkyl halides is 3. The maximum Gasteiger partial charge on any atom is 0.416 e. The molecule has 0 spiro atoms. The molecule has 0 radical (unpaired) electrons. The Hall–Kier alpha value is -2.03. The van der Waals surface area contributed by atoms with Gasteiger partial charge in [0.25, 0.3) is 0 Å². The van der Waals surface area contributed by atoms with Crippen LogP contribution in [-0.4, -0.2) is 25.9 Å². The average molecular weight is 384 g/mol. The molecule has 1 aliphatic rings. The fourth-order valence-electron chi connectivity index (χ4n) is 2.53. The predicted octanol–water partition coefficient (Wildman–Crippen LogP) is 4.31. The number of nitrogens with one attached hydrogen (secondary N) is 1. The minimum Gasteiger partial charge on any atom is -0.325 e. The van der Waals surface area contributed by atoms with E-state index in [-0.39, 0.29) is 5.91 Å². The van der Waals surface area contributed by atoms with Crippen LogP contribution in [0.25, 0.3) is 0 Å². The van der Waals surface area contributed by atoms with Crippen molar-refractivity contribution in [3.63, 3.8) is 0 Å². The third-order valence-electron chi connectivity index (χ3n) is 4.14. The Labute approximate surface area is 153 Å². The smallest absolute Gasteiger partial charge is 0.325 e. The standard InChI is InChI=1S/C17H19F3N4OS/c1-3-24-14(11-4-5-11)22-23-16(24)26-10(2)15(25)21-13-8-6-12(7-9-13)17(18,19)20/h6-11H,3-5H2,1-2H3,(H,21,25)/t10-/m1/s1. The highest BCUT2D eigenvalue weighted by Crippen LogP contribution is 2.40. The lowest BCUT2D eigenvalue weighted by atomic mass is 10.2. The summed E-state index contributed by atoms with van der Waals surface area (Å²) in [6.45, 7) is 4.47. The number of carbonyl (C=O) groups excluding carboxylic acids is 1. The van der Waals surface area contributed by atoms with E-state index in [4.69, 9.17) is 0 Å². The van der Waals surface area contributed by atoms with Crippen molar-refractivity contribution in [2.24, 2.45) is 0 Å². The van der Waals surface area contributed by atoms with Crippen molar-refractivity contribution in [1.29, 1.82) is 0 Å². The first-order valence-corrected chi connectivity index (χ1v) is 9.25. The second kappa shape index (κ2) is 7.30. The topological polar surface area (TPSA) is 59.8 Å². The van der Waals surface area contributed by atoms with E-state index in [2.05, 4.69) is 15.5 Å². The molecule has 1 heterocycles. The van der Waals surface area contributed by atoms with Crippen LogP contribution in [0.15, 0.2) is 29.4 Å². The van der Waals surface area contributed by atoms with Crippen LogP contribution < -0.4 is 5.32 Å².